The SMILES string of the molecule is COc1ccc(C(=O)N2CC[C@H]3CC[C@@H](C2)N3)c(OC)n1. The Morgan fingerprint density at radius 1 is 1.24 bits per heavy atom. The molecule has 0 saturated carbocycles. The number of fused-ring (bicyclic) bond motifs is 2. The molecule has 6 heteroatoms. The first-order valence-corrected chi connectivity index (χ1v) is 7.35. The molecular formula is C15H21N3O3. The Morgan fingerprint density at radius 3 is 2.81 bits per heavy atom. The van der Waals surface area contributed by atoms with Gasteiger partial charge in [-0.25, -0.2) is 0 Å². The van der Waals surface area contributed by atoms with Crippen molar-refractivity contribution in [3.05, 3.63) is 17.7 Å². The quantitative estimate of drug-likeness (QED) is 0.902. The second-order valence-corrected chi connectivity index (χ2v) is 5.59. The standard InChI is InChI=1S/C15H21N3O3/c1-20-13-6-5-12(14(17-13)21-2)15(19)18-8-7-10-3-4-11(9-18)16-10/h5-6,10-11,16H,3-4,7-9H2,1-2H3/t10-,11+/m1/s1. The first-order chi connectivity index (χ1) is 10.2. The van der Waals surface area contributed by atoms with Gasteiger partial charge in [0.2, 0.25) is 11.8 Å². The molecule has 2 aliphatic heterocycles. The number of likely N-dealkylation sites (tertiary alicyclic amines) is 1. The van der Waals surface area contributed by atoms with Crippen LogP contribution in [0.5, 0.6) is 11.8 Å². The summed E-state index contributed by atoms with van der Waals surface area (Å²) in [7, 11) is 3.06. The van der Waals surface area contributed by atoms with Gasteiger partial charge in [-0.2, -0.15) is 4.98 Å². The van der Waals surface area contributed by atoms with Crippen molar-refractivity contribution < 1.29 is 14.3 Å². The molecule has 2 atom stereocenters. The minimum atomic E-state index is -0.0173. The lowest BCUT2D eigenvalue weighted by Crippen LogP contribution is -2.39. The van der Waals surface area contributed by atoms with Crippen LogP contribution in [0.25, 0.3) is 0 Å². The van der Waals surface area contributed by atoms with Gasteiger partial charge in [0.05, 0.1) is 14.2 Å². The largest absolute Gasteiger partial charge is 0.481 e. The average molecular weight is 291 g/mol. The molecule has 1 N–H and O–H groups in total. The summed E-state index contributed by atoms with van der Waals surface area (Å²) in [5.41, 5.74) is 0.496. The van der Waals surface area contributed by atoms with Gasteiger partial charge in [-0.3, -0.25) is 4.79 Å². The number of hydrogen-bond acceptors (Lipinski definition) is 5. The van der Waals surface area contributed by atoms with E-state index >= 15 is 0 Å². The van der Waals surface area contributed by atoms with Crippen LogP contribution in [-0.2, 0) is 0 Å². The fourth-order valence-corrected chi connectivity index (χ4v) is 3.15. The van der Waals surface area contributed by atoms with Gasteiger partial charge in [0.25, 0.3) is 5.91 Å². The summed E-state index contributed by atoms with van der Waals surface area (Å²) in [5, 5.41) is 3.58. The molecule has 114 valence electrons. The smallest absolute Gasteiger partial charge is 0.259 e. The van der Waals surface area contributed by atoms with E-state index in [4.69, 9.17) is 9.47 Å². The van der Waals surface area contributed by atoms with Crippen molar-refractivity contribution >= 4 is 5.91 Å². The normalized spacial score (nSPS) is 24.6. The van der Waals surface area contributed by atoms with Gasteiger partial charge in [-0.1, -0.05) is 0 Å². The van der Waals surface area contributed by atoms with E-state index < -0.39 is 0 Å². The monoisotopic (exact) mass is 291 g/mol. The van der Waals surface area contributed by atoms with E-state index in [1.807, 2.05) is 4.90 Å². The number of pyridine rings is 1. The molecule has 1 aromatic heterocycles. The van der Waals surface area contributed by atoms with Crippen LogP contribution < -0.4 is 14.8 Å². The van der Waals surface area contributed by atoms with Crippen LogP contribution in [0.4, 0.5) is 0 Å². The van der Waals surface area contributed by atoms with E-state index in [9.17, 15) is 4.79 Å². The molecule has 6 nitrogen and oxygen atoms in total. The molecule has 0 radical (unpaired) electrons. The Labute approximate surface area is 124 Å². The van der Waals surface area contributed by atoms with Crippen LogP contribution in [0.3, 0.4) is 0 Å². The Balaban J connectivity index is 1.81. The molecule has 3 rings (SSSR count). The molecule has 0 aliphatic carbocycles. The summed E-state index contributed by atoms with van der Waals surface area (Å²) >= 11 is 0. The van der Waals surface area contributed by atoms with Crippen LogP contribution in [0.2, 0.25) is 0 Å². The zero-order chi connectivity index (χ0) is 14.8. The van der Waals surface area contributed by atoms with Crippen LogP contribution in [0.15, 0.2) is 12.1 Å². The van der Waals surface area contributed by atoms with Gasteiger partial charge in [0, 0.05) is 31.2 Å². The first kappa shape index (κ1) is 14.1. The summed E-state index contributed by atoms with van der Waals surface area (Å²) in [4.78, 5) is 18.8. The lowest BCUT2D eigenvalue weighted by molar-refractivity contribution is 0.0743. The zero-order valence-electron chi connectivity index (χ0n) is 12.5. The second-order valence-electron chi connectivity index (χ2n) is 5.59. The van der Waals surface area contributed by atoms with Gasteiger partial charge in [-0.15, -0.1) is 0 Å². The van der Waals surface area contributed by atoms with Gasteiger partial charge in [0.1, 0.15) is 5.56 Å². The molecule has 2 bridgehead atoms. The summed E-state index contributed by atoms with van der Waals surface area (Å²) in [6.45, 7) is 1.53. The van der Waals surface area contributed by atoms with Crippen molar-refractivity contribution in [2.75, 3.05) is 27.3 Å². The van der Waals surface area contributed by atoms with E-state index in [-0.39, 0.29) is 5.91 Å². The lowest BCUT2D eigenvalue weighted by atomic mass is 10.1. The third-order valence-corrected chi connectivity index (χ3v) is 4.28. The van der Waals surface area contributed by atoms with Crippen molar-refractivity contribution in [2.24, 2.45) is 0 Å². The molecule has 2 aliphatic rings. The average Bonchev–Trinajstić information content (AvgIpc) is 2.85. The fraction of sp³-hybridized carbons (Fsp3) is 0.600. The number of nitrogens with one attached hydrogen (secondary N) is 1. The number of rotatable bonds is 3. The van der Waals surface area contributed by atoms with E-state index in [0.717, 1.165) is 25.9 Å². The highest BCUT2D eigenvalue weighted by molar-refractivity contribution is 5.96. The topological polar surface area (TPSA) is 63.7 Å². The summed E-state index contributed by atoms with van der Waals surface area (Å²) in [6.07, 6.45) is 3.38. The summed E-state index contributed by atoms with van der Waals surface area (Å²) in [5.74, 6) is 0.748. The molecular weight excluding hydrogens is 270 g/mol. The number of aromatic nitrogens is 1. The molecule has 1 amide bonds. The predicted molar refractivity (Wildman–Crippen MR) is 77.8 cm³/mol. The Hall–Kier alpha value is -1.82. The van der Waals surface area contributed by atoms with Crippen molar-refractivity contribution in [2.45, 2.75) is 31.3 Å². The molecule has 3 heterocycles. The molecule has 0 spiro atoms. The Bertz CT molecular complexity index is 535. The first-order valence-electron chi connectivity index (χ1n) is 7.35. The van der Waals surface area contributed by atoms with E-state index in [0.29, 0.717) is 29.4 Å². The predicted octanol–water partition coefficient (Wildman–Crippen LogP) is 1.07. The number of carbonyl (C=O) groups is 1. The summed E-state index contributed by atoms with van der Waals surface area (Å²) < 4.78 is 10.3. The Kier molecular flexibility index (Phi) is 3.96. The maximum absolute atomic E-state index is 12.7. The number of carbonyl (C=O) groups excluding carboxylic acids is 1. The number of hydrogen-bond donors (Lipinski definition) is 1. The fourth-order valence-electron chi connectivity index (χ4n) is 3.15. The Morgan fingerprint density at radius 2 is 2.05 bits per heavy atom. The van der Waals surface area contributed by atoms with Gasteiger partial charge < -0.3 is 19.7 Å². The van der Waals surface area contributed by atoms with Crippen LogP contribution in [0.1, 0.15) is 29.6 Å². The van der Waals surface area contributed by atoms with E-state index in [2.05, 4.69) is 10.3 Å². The van der Waals surface area contributed by atoms with E-state index in [1.165, 1.54) is 13.5 Å². The third kappa shape index (κ3) is 2.81. The van der Waals surface area contributed by atoms with Gasteiger partial charge >= 0.3 is 0 Å². The number of amides is 1. The van der Waals surface area contributed by atoms with Crippen molar-refractivity contribution in [3.63, 3.8) is 0 Å². The maximum Gasteiger partial charge on any atom is 0.259 e. The van der Waals surface area contributed by atoms with Crippen molar-refractivity contribution in [1.82, 2.24) is 15.2 Å². The minimum Gasteiger partial charge on any atom is -0.481 e. The third-order valence-electron chi connectivity index (χ3n) is 4.28. The zero-order valence-corrected chi connectivity index (χ0v) is 12.5. The molecule has 2 saturated heterocycles. The molecule has 0 aromatic carbocycles. The van der Waals surface area contributed by atoms with E-state index in [1.54, 1.807) is 19.2 Å². The maximum atomic E-state index is 12.7. The highest BCUT2D eigenvalue weighted by atomic mass is 16.5. The number of ether oxygens (including phenoxy) is 2. The van der Waals surface area contributed by atoms with Gasteiger partial charge in [-0.05, 0) is 25.3 Å². The molecule has 0 unspecified atom stereocenters. The highest BCUT2D eigenvalue weighted by Gasteiger charge is 2.32. The van der Waals surface area contributed by atoms with Crippen molar-refractivity contribution in [1.29, 1.82) is 0 Å². The van der Waals surface area contributed by atoms with Crippen LogP contribution >= 0.6 is 0 Å². The highest BCUT2D eigenvalue weighted by Crippen LogP contribution is 2.25. The van der Waals surface area contributed by atoms with Crippen molar-refractivity contribution in [3.8, 4) is 11.8 Å². The molecule has 21 heavy (non-hydrogen) atoms. The number of nitrogens with zero attached hydrogens (tertiary/aromatic N) is 2. The summed E-state index contributed by atoms with van der Waals surface area (Å²) in [6, 6.07) is 4.39. The molecule has 2 fully saturated rings. The second kappa shape index (κ2) is 5.89. The molecule has 1 aromatic rings. The lowest BCUT2D eigenvalue weighted by Gasteiger charge is -2.24. The van der Waals surface area contributed by atoms with Crippen LogP contribution in [-0.4, -0.2) is 55.2 Å². The van der Waals surface area contributed by atoms with Crippen LogP contribution in [0, 0.1) is 0 Å². The number of methoxy groups -OCH3 is 2. The van der Waals surface area contributed by atoms with Gasteiger partial charge in [0.15, 0.2) is 0 Å². The minimum absolute atomic E-state index is 0.0173.